The van der Waals surface area contributed by atoms with Crippen LogP contribution in [0.5, 0.6) is 5.75 Å². The Morgan fingerprint density at radius 1 is 0.826 bits per heavy atom. The van der Waals surface area contributed by atoms with Gasteiger partial charge in [0.15, 0.2) is 0 Å². The van der Waals surface area contributed by atoms with Gasteiger partial charge in [-0.1, -0.05) is 66.7 Å². The van der Waals surface area contributed by atoms with Crippen LogP contribution in [0.1, 0.15) is 53.6 Å². The average molecular weight is 625 g/mol. The third kappa shape index (κ3) is 9.60. The quantitative estimate of drug-likeness (QED) is 0.152. The Bertz CT molecular complexity index is 1690. The Hall–Kier alpha value is -5.29. The van der Waals surface area contributed by atoms with Crippen LogP contribution in [0.15, 0.2) is 91.0 Å². The topological polar surface area (TPSA) is 179 Å². The van der Waals surface area contributed by atoms with E-state index in [4.69, 9.17) is 16.2 Å². The second-order valence-corrected chi connectivity index (χ2v) is 12.1. The molecule has 240 valence electrons. The molecule has 0 saturated carbocycles. The molecule has 11 heteroatoms. The first-order valence-corrected chi connectivity index (χ1v) is 15.0. The SMILES string of the molecule is CC(C)(C)NC(=O)c1ccccc1OCC(N)C(Cc1ccccc1)NC(=O)C(CC(N)=O)NC(=O)c1ccc2ccccc2n1. The van der Waals surface area contributed by atoms with Gasteiger partial charge in [-0.2, -0.15) is 0 Å². The zero-order chi connectivity index (χ0) is 33.3. The van der Waals surface area contributed by atoms with Gasteiger partial charge in [-0.25, -0.2) is 4.98 Å². The van der Waals surface area contributed by atoms with Crippen molar-refractivity contribution in [3.05, 3.63) is 108 Å². The molecule has 0 aliphatic heterocycles. The summed E-state index contributed by atoms with van der Waals surface area (Å²) in [5, 5.41) is 9.27. The molecule has 3 atom stereocenters. The zero-order valence-electron chi connectivity index (χ0n) is 26.2. The summed E-state index contributed by atoms with van der Waals surface area (Å²) < 4.78 is 6.03. The van der Waals surface area contributed by atoms with Crippen LogP contribution >= 0.6 is 0 Å². The highest BCUT2D eigenvalue weighted by Crippen LogP contribution is 2.20. The molecule has 46 heavy (non-hydrogen) atoms. The fourth-order valence-electron chi connectivity index (χ4n) is 4.79. The lowest BCUT2D eigenvalue weighted by Gasteiger charge is -2.28. The molecule has 1 aromatic heterocycles. The van der Waals surface area contributed by atoms with Crippen molar-refractivity contribution in [3.63, 3.8) is 0 Å². The first-order valence-electron chi connectivity index (χ1n) is 15.0. The summed E-state index contributed by atoms with van der Waals surface area (Å²) in [5.74, 6) is -2.01. The normalized spacial score (nSPS) is 13.2. The Morgan fingerprint density at radius 3 is 2.22 bits per heavy atom. The van der Waals surface area contributed by atoms with Crippen LogP contribution in [-0.2, 0) is 16.0 Å². The maximum Gasteiger partial charge on any atom is 0.270 e. The van der Waals surface area contributed by atoms with Crippen LogP contribution in [0.4, 0.5) is 0 Å². The second kappa shape index (κ2) is 15.1. The number of fused-ring (bicyclic) bond motifs is 1. The molecule has 7 N–H and O–H groups in total. The Morgan fingerprint density at radius 2 is 1.50 bits per heavy atom. The van der Waals surface area contributed by atoms with E-state index in [0.717, 1.165) is 10.9 Å². The highest BCUT2D eigenvalue weighted by Gasteiger charge is 2.29. The van der Waals surface area contributed by atoms with Crippen molar-refractivity contribution < 1.29 is 23.9 Å². The van der Waals surface area contributed by atoms with Gasteiger partial charge in [-0.15, -0.1) is 0 Å². The van der Waals surface area contributed by atoms with Crippen molar-refractivity contribution in [1.82, 2.24) is 20.9 Å². The van der Waals surface area contributed by atoms with E-state index in [2.05, 4.69) is 20.9 Å². The number of carbonyl (C=O) groups is 4. The van der Waals surface area contributed by atoms with Crippen LogP contribution in [0.2, 0.25) is 0 Å². The highest BCUT2D eigenvalue weighted by molar-refractivity contribution is 5.99. The summed E-state index contributed by atoms with van der Waals surface area (Å²) in [6.45, 7) is 5.60. The first-order chi connectivity index (χ1) is 21.9. The number of primary amides is 1. The lowest BCUT2D eigenvalue weighted by atomic mass is 9.99. The van der Waals surface area contributed by atoms with E-state index in [1.54, 1.807) is 48.5 Å². The van der Waals surface area contributed by atoms with Gasteiger partial charge in [0, 0.05) is 10.9 Å². The van der Waals surface area contributed by atoms with Gasteiger partial charge in [-0.3, -0.25) is 19.2 Å². The van der Waals surface area contributed by atoms with Gasteiger partial charge < -0.3 is 32.2 Å². The molecule has 4 amide bonds. The summed E-state index contributed by atoms with van der Waals surface area (Å²) in [6, 6.07) is 24.1. The fourth-order valence-corrected chi connectivity index (χ4v) is 4.79. The van der Waals surface area contributed by atoms with Gasteiger partial charge in [0.2, 0.25) is 11.8 Å². The third-order valence-corrected chi connectivity index (χ3v) is 7.05. The van der Waals surface area contributed by atoms with E-state index in [1.165, 1.54) is 0 Å². The summed E-state index contributed by atoms with van der Waals surface area (Å²) in [5.41, 5.74) is 13.5. The third-order valence-electron chi connectivity index (χ3n) is 7.05. The monoisotopic (exact) mass is 624 g/mol. The van der Waals surface area contributed by atoms with E-state index in [0.29, 0.717) is 23.3 Å². The predicted octanol–water partition coefficient (Wildman–Crippen LogP) is 2.87. The maximum atomic E-state index is 13.6. The molecular weight excluding hydrogens is 584 g/mol. The number of pyridine rings is 1. The number of amides is 4. The number of ether oxygens (including phenoxy) is 1. The predicted molar refractivity (Wildman–Crippen MR) is 176 cm³/mol. The van der Waals surface area contributed by atoms with E-state index in [-0.39, 0.29) is 18.2 Å². The Labute approximate surface area is 268 Å². The van der Waals surface area contributed by atoms with Crippen LogP contribution in [0.3, 0.4) is 0 Å². The molecule has 11 nitrogen and oxygen atoms in total. The number of benzene rings is 3. The number of nitrogens with zero attached hydrogens (tertiary/aromatic N) is 1. The minimum atomic E-state index is -1.29. The summed E-state index contributed by atoms with van der Waals surface area (Å²) >= 11 is 0. The van der Waals surface area contributed by atoms with Gasteiger partial charge >= 0.3 is 0 Å². The van der Waals surface area contributed by atoms with Crippen LogP contribution in [0.25, 0.3) is 10.9 Å². The molecule has 0 bridgehead atoms. The van der Waals surface area contributed by atoms with Gasteiger partial charge in [0.05, 0.1) is 29.6 Å². The number of nitrogens with one attached hydrogen (secondary N) is 3. The molecule has 1 heterocycles. The molecule has 0 aliphatic rings. The number of nitrogens with two attached hydrogens (primary N) is 2. The number of carbonyl (C=O) groups excluding carboxylic acids is 4. The molecule has 4 rings (SSSR count). The van der Waals surface area contributed by atoms with Crippen LogP contribution < -0.4 is 32.2 Å². The molecule has 0 aliphatic carbocycles. The van der Waals surface area contributed by atoms with Crippen molar-refractivity contribution in [2.45, 2.75) is 57.3 Å². The molecule has 3 aromatic carbocycles. The number of hydrogen-bond acceptors (Lipinski definition) is 7. The van der Waals surface area contributed by atoms with E-state index >= 15 is 0 Å². The lowest BCUT2D eigenvalue weighted by Crippen LogP contribution is -2.57. The largest absolute Gasteiger partial charge is 0.491 e. The minimum absolute atomic E-state index is 0.0502. The van der Waals surface area contributed by atoms with Crippen molar-refractivity contribution in [1.29, 1.82) is 0 Å². The number of aromatic nitrogens is 1. The van der Waals surface area contributed by atoms with E-state index < -0.39 is 47.8 Å². The highest BCUT2D eigenvalue weighted by atomic mass is 16.5. The van der Waals surface area contributed by atoms with Crippen LogP contribution in [-0.4, -0.2) is 58.9 Å². The molecular formula is C35H40N6O5. The molecule has 0 radical (unpaired) electrons. The maximum absolute atomic E-state index is 13.6. The molecule has 0 fully saturated rings. The minimum Gasteiger partial charge on any atom is -0.491 e. The lowest BCUT2D eigenvalue weighted by molar-refractivity contribution is -0.127. The second-order valence-electron chi connectivity index (χ2n) is 12.1. The van der Waals surface area contributed by atoms with Crippen molar-refractivity contribution in [2.75, 3.05) is 6.61 Å². The molecule has 4 aromatic rings. The van der Waals surface area contributed by atoms with Crippen molar-refractivity contribution in [2.24, 2.45) is 11.5 Å². The summed E-state index contributed by atoms with van der Waals surface area (Å²) in [4.78, 5) is 56.0. The number of para-hydroxylation sites is 2. The summed E-state index contributed by atoms with van der Waals surface area (Å²) in [6.07, 6.45) is -0.113. The van der Waals surface area contributed by atoms with Crippen molar-refractivity contribution >= 4 is 34.5 Å². The van der Waals surface area contributed by atoms with Crippen LogP contribution in [0, 0.1) is 0 Å². The molecule has 3 unspecified atom stereocenters. The standard InChI is InChI=1S/C35H40N6O5/c1-35(2,3)41-32(43)24-14-8-10-16-30(24)46-21-25(36)28(19-22-11-5-4-6-12-22)39-34(45)29(20-31(37)42)40-33(44)27-18-17-23-13-7-9-15-26(23)38-27/h4-18,25,28-29H,19-21,36H2,1-3H3,(H2,37,42)(H,39,45)(H,40,44)(H,41,43). The molecule has 0 spiro atoms. The van der Waals surface area contributed by atoms with Gasteiger partial charge in [0.25, 0.3) is 11.8 Å². The zero-order valence-corrected chi connectivity index (χ0v) is 26.2. The van der Waals surface area contributed by atoms with E-state index in [9.17, 15) is 19.2 Å². The smallest absolute Gasteiger partial charge is 0.270 e. The summed E-state index contributed by atoms with van der Waals surface area (Å²) in [7, 11) is 0. The van der Waals surface area contributed by atoms with Crippen molar-refractivity contribution in [3.8, 4) is 5.75 Å². The Kier molecular flexibility index (Phi) is 11.1. The number of hydrogen-bond donors (Lipinski definition) is 5. The fraction of sp³-hybridized carbons (Fsp3) is 0.286. The van der Waals surface area contributed by atoms with Gasteiger partial charge in [0.1, 0.15) is 24.1 Å². The van der Waals surface area contributed by atoms with E-state index in [1.807, 2.05) is 63.2 Å². The average Bonchev–Trinajstić information content (AvgIpc) is 3.02. The molecule has 0 saturated heterocycles. The Balaban J connectivity index is 1.51. The number of rotatable bonds is 13. The van der Waals surface area contributed by atoms with Gasteiger partial charge in [-0.05, 0) is 57.0 Å². The first kappa shape index (κ1) is 33.6.